The Morgan fingerprint density at radius 3 is 2.47 bits per heavy atom. The highest BCUT2D eigenvalue weighted by molar-refractivity contribution is 7.10. The van der Waals surface area contributed by atoms with Gasteiger partial charge >= 0.3 is 0 Å². The monoisotopic (exact) mass is 277 g/mol. The first kappa shape index (κ1) is 14.6. The average Bonchev–Trinajstić information content (AvgIpc) is 2.84. The third-order valence-electron chi connectivity index (χ3n) is 4.76. The number of nitriles is 1. The van der Waals surface area contributed by atoms with Crippen LogP contribution in [0, 0.1) is 35.5 Å². The molecule has 1 atom stereocenters. The van der Waals surface area contributed by atoms with Crippen LogP contribution in [0.5, 0.6) is 0 Å². The predicted molar refractivity (Wildman–Crippen MR) is 78.9 cm³/mol. The Hall–Kier alpha value is -0.850. The first-order chi connectivity index (χ1) is 9.00. The zero-order valence-corrected chi connectivity index (χ0v) is 12.8. The zero-order valence-electron chi connectivity index (χ0n) is 12.0. The second-order valence-electron chi connectivity index (χ2n) is 6.22. The third kappa shape index (κ3) is 2.70. The molecule has 1 saturated carbocycles. The first-order valence-electron chi connectivity index (χ1n) is 7.13. The van der Waals surface area contributed by atoms with Gasteiger partial charge in [-0.25, -0.2) is 0 Å². The van der Waals surface area contributed by atoms with Gasteiger partial charge in [-0.15, -0.1) is 11.3 Å². The minimum absolute atomic E-state index is 0.568. The summed E-state index contributed by atoms with van der Waals surface area (Å²) < 4.78 is 0. The van der Waals surface area contributed by atoms with Crippen LogP contribution in [0.1, 0.15) is 56.1 Å². The van der Waals surface area contributed by atoms with Crippen LogP contribution in [0.4, 0.5) is 0 Å². The number of aliphatic hydroxyl groups is 1. The summed E-state index contributed by atoms with van der Waals surface area (Å²) in [7, 11) is 0. The number of aliphatic hydroxyl groups excluding tert-OH is 1. The maximum atomic E-state index is 10.7. The second-order valence-corrected chi connectivity index (χ2v) is 7.17. The fourth-order valence-corrected chi connectivity index (χ4v) is 4.21. The van der Waals surface area contributed by atoms with Crippen molar-refractivity contribution in [1.29, 1.82) is 5.26 Å². The molecule has 0 saturated heterocycles. The fourth-order valence-electron chi connectivity index (χ4n) is 3.18. The highest BCUT2D eigenvalue weighted by atomic mass is 32.1. The number of hydrogen-bond donors (Lipinski definition) is 1. The lowest BCUT2D eigenvalue weighted by atomic mass is 9.65. The number of aryl methyl sites for hydroxylation is 1. The lowest BCUT2D eigenvalue weighted by Gasteiger charge is -2.39. The highest BCUT2D eigenvalue weighted by Crippen LogP contribution is 2.49. The molecule has 2 nitrogen and oxygen atoms in total. The average molecular weight is 277 g/mol. The van der Waals surface area contributed by atoms with E-state index in [0.29, 0.717) is 11.8 Å². The molecule has 1 aromatic heterocycles. The van der Waals surface area contributed by atoms with Crippen LogP contribution in [0.25, 0.3) is 0 Å². The predicted octanol–water partition coefficient (Wildman–Crippen LogP) is 4.45. The molecule has 0 radical (unpaired) electrons. The Morgan fingerprint density at radius 2 is 2.05 bits per heavy atom. The van der Waals surface area contributed by atoms with Gasteiger partial charge < -0.3 is 5.11 Å². The van der Waals surface area contributed by atoms with Crippen molar-refractivity contribution >= 4 is 11.3 Å². The van der Waals surface area contributed by atoms with E-state index in [1.807, 2.05) is 18.4 Å². The first-order valence-corrected chi connectivity index (χ1v) is 8.01. The molecule has 0 bridgehead atoms. The summed E-state index contributed by atoms with van der Waals surface area (Å²) >= 11 is 1.57. The maximum Gasteiger partial charge on any atom is 0.107 e. The molecular weight excluding hydrogens is 254 g/mol. The van der Waals surface area contributed by atoms with Crippen LogP contribution in [0.15, 0.2) is 11.4 Å². The summed E-state index contributed by atoms with van der Waals surface area (Å²) in [4.78, 5) is 0.976. The largest absolute Gasteiger partial charge is 0.386 e. The van der Waals surface area contributed by atoms with Gasteiger partial charge in [-0.05, 0) is 61.5 Å². The van der Waals surface area contributed by atoms with E-state index in [9.17, 15) is 10.4 Å². The minimum Gasteiger partial charge on any atom is -0.386 e. The number of nitrogens with zero attached hydrogens (tertiary/aromatic N) is 1. The molecule has 1 N–H and O–H groups in total. The number of rotatable bonds is 3. The van der Waals surface area contributed by atoms with Crippen LogP contribution in [-0.4, -0.2) is 5.11 Å². The maximum absolute atomic E-state index is 10.7. The van der Waals surface area contributed by atoms with Crippen molar-refractivity contribution in [3.63, 3.8) is 0 Å². The molecule has 0 spiro atoms. The third-order valence-corrected chi connectivity index (χ3v) is 5.83. The molecule has 2 rings (SSSR count). The number of hydrogen-bond acceptors (Lipinski definition) is 3. The molecule has 1 fully saturated rings. The van der Waals surface area contributed by atoms with Crippen molar-refractivity contribution in [2.75, 3.05) is 0 Å². The van der Waals surface area contributed by atoms with E-state index in [1.165, 1.54) is 0 Å². The van der Waals surface area contributed by atoms with Crippen LogP contribution < -0.4 is 0 Å². The molecule has 1 heterocycles. The Morgan fingerprint density at radius 1 is 1.42 bits per heavy atom. The van der Waals surface area contributed by atoms with Crippen LogP contribution >= 0.6 is 11.3 Å². The van der Waals surface area contributed by atoms with Gasteiger partial charge in [0.05, 0.1) is 11.5 Å². The quantitative estimate of drug-likeness (QED) is 0.887. The lowest BCUT2D eigenvalue weighted by molar-refractivity contribution is 0.0210. The van der Waals surface area contributed by atoms with E-state index < -0.39 is 11.5 Å². The summed E-state index contributed by atoms with van der Waals surface area (Å²) in [6.45, 7) is 6.52. The number of thiophene rings is 1. The molecule has 1 unspecified atom stereocenters. The van der Waals surface area contributed by atoms with Crippen molar-refractivity contribution in [2.24, 2.45) is 17.3 Å². The minimum atomic E-state index is -0.620. The summed E-state index contributed by atoms with van der Waals surface area (Å²) in [6.07, 6.45) is 3.15. The Bertz CT molecular complexity index is 463. The lowest BCUT2D eigenvalue weighted by Crippen LogP contribution is -2.33. The highest BCUT2D eigenvalue weighted by Gasteiger charge is 2.43. The van der Waals surface area contributed by atoms with E-state index in [1.54, 1.807) is 11.3 Å². The van der Waals surface area contributed by atoms with Crippen molar-refractivity contribution in [2.45, 2.75) is 52.6 Å². The molecule has 19 heavy (non-hydrogen) atoms. The Labute approximate surface area is 120 Å². The van der Waals surface area contributed by atoms with Gasteiger partial charge in [0.2, 0.25) is 0 Å². The Kier molecular flexibility index (Phi) is 4.32. The molecule has 0 aliphatic heterocycles. The standard InChI is InChI=1S/C16H23NOS/c1-11(2)13-4-7-16(10-17,8-5-13)15(18)14-12(3)6-9-19-14/h6,9,11,13,15,18H,4-5,7-8H2,1-3H3. The van der Waals surface area contributed by atoms with Crippen LogP contribution in [-0.2, 0) is 0 Å². The van der Waals surface area contributed by atoms with Gasteiger partial charge in [-0.2, -0.15) is 5.26 Å². The molecule has 3 heteroatoms. The van der Waals surface area contributed by atoms with Crippen LogP contribution in [0.3, 0.4) is 0 Å². The van der Waals surface area contributed by atoms with E-state index in [0.717, 1.165) is 36.1 Å². The summed E-state index contributed by atoms with van der Waals surface area (Å²) in [5.74, 6) is 1.38. The van der Waals surface area contributed by atoms with Crippen molar-refractivity contribution in [3.05, 3.63) is 21.9 Å². The normalized spacial score (nSPS) is 29.2. The molecule has 0 amide bonds. The van der Waals surface area contributed by atoms with Gasteiger partial charge in [0.15, 0.2) is 0 Å². The fraction of sp³-hybridized carbons (Fsp3) is 0.688. The molecule has 1 aliphatic carbocycles. The van der Waals surface area contributed by atoms with E-state index >= 15 is 0 Å². The van der Waals surface area contributed by atoms with Gasteiger partial charge in [0.1, 0.15) is 6.10 Å². The summed E-state index contributed by atoms with van der Waals surface area (Å²) in [5.41, 5.74) is 0.541. The molecular formula is C16H23NOS. The van der Waals surface area contributed by atoms with Gasteiger partial charge in [0, 0.05) is 4.88 Å². The zero-order chi connectivity index (χ0) is 14.0. The van der Waals surface area contributed by atoms with Crippen molar-refractivity contribution in [1.82, 2.24) is 0 Å². The van der Waals surface area contributed by atoms with E-state index in [4.69, 9.17) is 0 Å². The van der Waals surface area contributed by atoms with Crippen molar-refractivity contribution < 1.29 is 5.11 Å². The van der Waals surface area contributed by atoms with Gasteiger partial charge in [-0.1, -0.05) is 13.8 Å². The second kappa shape index (κ2) is 5.64. The smallest absolute Gasteiger partial charge is 0.107 e. The van der Waals surface area contributed by atoms with Crippen LogP contribution in [0.2, 0.25) is 0 Å². The van der Waals surface area contributed by atoms with Gasteiger partial charge in [-0.3, -0.25) is 0 Å². The summed E-state index contributed by atoms with van der Waals surface area (Å²) in [6, 6.07) is 4.47. The van der Waals surface area contributed by atoms with Gasteiger partial charge in [0.25, 0.3) is 0 Å². The molecule has 1 aliphatic rings. The molecule has 0 aromatic carbocycles. The Balaban J connectivity index is 2.17. The molecule has 1 aromatic rings. The molecule has 104 valence electrons. The van der Waals surface area contributed by atoms with Crippen molar-refractivity contribution in [3.8, 4) is 6.07 Å². The summed E-state index contributed by atoms with van der Waals surface area (Å²) in [5, 5.41) is 22.3. The van der Waals surface area contributed by atoms with E-state index in [2.05, 4.69) is 19.9 Å². The SMILES string of the molecule is Cc1ccsc1C(O)C1(C#N)CCC(C(C)C)CC1. The topological polar surface area (TPSA) is 44.0 Å². The van der Waals surface area contributed by atoms with E-state index in [-0.39, 0.29) is 0 Å².